The van der Waals surface area contributed by atoms with Gasteiger partial charge in [0.15, 0.2) is 5.11 Å². The molecule has 0 atom stereocenters. The van der Waals surface area contributed by atoms with Crippen LogP contribution in [0, 0.1) is 5.82 Å². The van der Waals surface area contributed by atoms with Gasteiger partial charge in [-0.3, -0.25) is 4.79 Å². The van der Waals surface area contributed by atoms with Gasteiger partial charge in [-0.15, -0.1) is 11.3 Å². The fraction of sp³-hybridized carbons (Fsp3) is 0.130. The third-order valence-corrected chi connectivity index (χ3v) is 6.02. The second-order valence-electron chi connectivity index (χ2n) is 6.95. The normalized spacial score (nSPS) is 10.8. The molecular weight excluding hydrogens is 433 g/mol. The van der Waals surface area contributed by atoms with Gasteiger partial charge in [0, 0.05) is 22.2 Å². The molecule has 0 spiro atoms. The molecule has 2 aromatic carbocycles. The zero-order chi connectivity index (χ0) is 21.8. The van der Waals surface area contributed by atoms with Gasteiger partial charge in [0.05, 0.1) is 25.7 Å². The maximum absolute atomic E-state index is 13.2. The highest BCUT2D eigenvalue weighted by Crippen LogP contribution is 2.20. The number of aromatic amines is 1. The van der Waals surface area contributed by atoms with Crippen molar-refractivity contribution in [2.75, 3.05) is 12.4 Å². The first kappa shape index (κ1) is 21.0. The molecule has 0 fully saturated rings. The number of anilines is 1. The van der Waals surface area contributed by atoms with Crippen LogP contribution in [0.25, 0.3) is 10.9 Å². The van der Waals surface area contributed by atoms with E-state index < -0.39 is 0 Å². The number of nitrogens with zero attached hydrogens (tertiary/aromatic N) is 1. The number of thiocarbonyl (C=S) groups is 1. The lowest BCUT2D eigenvalue weighted by Crippen LogP contribution is -2.35. The number of nitrogens with one attached hydrogen (secondary N) is 2. The lowest BCUT2D eigenvalue weighted by Gasteiger charge is -2.25. The van der Waals surface area contributed by atoms with Gasteiger partial charge >= 0.3 is 0 Å². The van der Waals surface area contributed by atoms with Crippen LogP contribution in [-0.4, -0.2) is 22.1 Å². The molecule has 2 heterocycles. The molecule has 31 heavy (non-hydrogen) atoms. The maximum atomic E-state index is 13.2. The van der Waals surface area contributed by atoms with Gasteiger partial charge < -0.3 is 19.9 Å². The van der Waals surface area contributed by atoms with Gasteiger partial charge in [-0.05, 0) is 71.5 Å². The first-order valence-electron chi connectivity index (χ1n) is 9.55. The zero-order valence-corrected chi connectivity index (χ0v) is 18.4. The summed E-state index contributed by atoms with van der Waals surface area (Å²) in [6, 6.07) is 17.4. The highest BCUT2D eigenvalue weighted by atomic mass is 32.1. The molecule has 2 N–H and O–H groups in total. The van der Waals surface area contributed by atoms with Crippen LogP contribution in [0.1, 0.15) is 10.4 Å². The molecule has 0 aliphatic rings. The van der Waals surface area contributed by atoms with Crippen LogP contribution in [0.2, 0.25) is 0 Å². The molecular formula is C23H20FN3O2S2. The second-order valence-corrected chi connectivity index (χ2v) is 8.37. The summed E-state index contributed by atoms with van der Waals surface area (Å²) in [6.07, 6.45) is 0. The minimum Gasteiger partial charge on any atom is -0.497 e. The molecule has 0 radical (unpaired) electrons. The summed E-state index contributed by atoms with van der Waals surface area (Å²) in [5.41, 5.74) is 1.81. The third-order valence-electron chi connectivity index (χ3n) is 4.80. The van der Waals surface area contributed by atoms with Crippen LogP contribution in [0.5, 0.6) is 5.75 Å². The fourth-order valence-corrected chi connectivity index (χ4v) is 4.17. The van der Waals surface area contributed by atoms with Gasteiger partial charge in [0.1, 0.15) is 11.6 Å². The van der Waals surface area contributed by atoms with Crippen LogP contribution in [0.15, 0.2) is 70.8 Å². The van der Waals surface area contributed by atoms with E-state index in [0.717, 1.165) is 10.3 Å². The molecule has 0 bridgehead atoms. The number of aromatic nitrogens is 1. The third kappa shape index (κ3) is 5.10. The van der Waals surface area contributed by atoms with Crippen LogP contribution in [0.4, 0.5) is 10.1 Å². The number of halogens is 1. The molecule has 4 aromatic rings. The van der Waals surface area contributed by atoms with Crippen LogP contribution in [-0.2, 0) is 13.1 Å². The minimum atomic E-state index is -0.314. The number of fused-ring (bicyclic) bond motifs is 1. The molecule has 4 rings (SSSR count). The highest BCUT2D eigenvalue weighted by molar-refractivity contribution is 7.80. The van der Waals surface area contributed by atoms with Gasteiger partial charge in [0.25, 0.3) is 5.56 Å². The van der Waals surface area contributed by atoms with E-state index in [2.05, 4.69) is 10.3 Å². The molecule has 0 aliphatic heterocycles. The van der Waals surface area contributed by atoms with Gasteiger partial charge in [0.2, 0.25) is 0 Å². The van der Waals surface area contributed by atoms with Crippen LogP contribution in [0.3, 0.4) is 0 Å². The van der Waals surface area contributed by atoms with E-state index in [1.807, 2.05) is 40.6 Å². The summed E-state index contributed by atoms with van der Waals surface area (Å²) in [6.45, 7) is 0.868. The number of ether oxygens (including phenoxy) is 1. The van der Waals surface area contributed by atoms with Crippen molar-refractivity contribution >= 4 is 45.3 Å². The van der Waals surface area contributed by atoms with Crippen molar-refractivity contribution in [2.45, 2.75) is 13.1 Å². The molecule has 0 unspecified atom stereocenters. The molecule has 158 valence electrons. The molecule has 0 saturated heterocycles. The van der Waals surface area contributed by atoms with E-state index in [4.69, 9.17) is 17.0 Å². The number of hydrogen-bond donors (Lipinski definition) is 2. The van der Waals surface area contributed by atoms with E-state index >= 15 is 0 Å². The number of thiophene rings is 1. The smallest absolute Gasteiger partial charge is 0.253 e. The van der Waals surface area contributed by atoms with Crippen molar-refractivity contribution in [3.8, 4) is 5.75 Å². The van der Waals surface area contributed by atoms with Gasteiger partial charge in [-0.1, -0.05) is 6.07 Å². The average Bonchev–Trinajstić information content (AvgIpc) is 3.28. The molecule has 0 saturated carbocycles. The lowest BCUT2D eigenvalue weighted by molar-refractivity contribution is 0.414. The van der Waals surface area contributed by atoms with Crippen LogP contribution < -0.4 is 15.6 Å². The number of benzene rings is 2. The van der Waals surface area contributed by atoms with Crippen molar-refractivity contribution in [3.63, 3.8) is 0 Å². The number of rotatable bonds is 6. The minimum absolute atomic E-state index is 0.179. The number of pyridine rings is 1. The number of methoxy groups -OCH3 is 1. The largest absolute Gasteiger partial charge is 0.497 e. The molecule has 0 aliphatic carbocycles. The summed E-state index contributed by atoms with van der Waals surface area (Å²) in [5, 5.41) is 6.50. The molecule has 2 aromatic heterocycles. The van der Waals surface area contributed by atoms with E-state index in [1.165, 1.54) is 12.1 Å². The Labute approximate surface area is 188 Å². The van der Waals surface area contributed by atoms with E-state index in [9.17, 15) is 9.18 Å². The predicted octanol–water partition coefficient (Wildman–Crippen LogP) is 5.14. The van der Waals surface area contributed by atoms with Crippen LogP contribution >= 0.6 is 23.6 Å². The lowest BCUT2D eigenvalue weighted by atomic mass is 10.1. The maximum Gasteiger partial charge on any atom is 0.253 e. The SMILES string of the molecule is COc1ccc2cc(CN(Cc3cccs3)C(=S)Nc3ccc(F)cc3)c(=O)[nH]c2c1. The second kappa shape index (κ2) is 9.28. The van der Waals surface area contributed by atoms with E-state index in [0.29, 0.717) is 40.7 Å². The summed E-state index contributed by atoms with van der Waals surface area (Å²) in [4.78, 5) is 18.7. The van der Waals surface area contributed by atoms with Crippen molar-refractivity contribution in [2.24, 2.45) is 0 Å². The molecule has 8 heteroatoms. The Hall–Kier alpha value is -3.23. The summed E-state index contributed by atoms with van der Waals surface area (Å²) < 4.78 is 18.5. The Balaban J connectivity index is 1.62. The monoisotopic (exact) mass is 453 g/mol. The average molecular weight is 454 g/mol. The standard InChI is InChI=1S/C23H20FN3O2S2/c1-29-19-9-4-15-11-16(22(28)26-21(15)12-19)13-27(14-20-3-2-10-31-20)23(30)25-18-7-5-17(24)6-8-18/h2-12H,13-14H2,1H3,(H,25,30)(H,26,28). The van der Waals surface area contributed by atoms with Crippen molar-refractivity contribution < 1.29 is 9.13 Å². The first-order valence-corrected chi connectivity index (χ1v) is 10.8. The van der Waals surface area contributed by atoms with Crippen molar-refractivity contribution in [3.05, 3.63) is 92.7 Å². The fourth-order valence-electron chi connectivity index (χ4n) is 3.20. The number of H-pyrrole nitrogens is 1. The van der Waals surface area contributed by atoms with Gasteiger partial charge in [-0.25, -0.2) is 4.39 Å². The van der Waals surface area contributed by atoms with Gasteiger partial charge in [-0.2, -0.15) is 0 Å². The summed E-state index contributed by atoms with van der Waals surface area (Å²) >= 11 is 7.25. The molecule has 0 amide bonds. The quantitative estimate of drug-likeness (QED) is 0.396. The number of hydrogen-bond acceptors (Lipinski definition) is 4. The molecule has 5 nitrogen and oxygen atoms in total. The Morgan fingerprint density at radius 2 is 1.97 bits per heavy atom. The Bertz CT molecular complexity index is 1250. The first-order chi connectivity index (χ1) is 15.0. The summed E-state index contributed by atoms with van der Waals surface area (Å²) in [7, 11) is 1.59. The van der Waals surface area contributed by atoms with Crippen molar-refractivity contribution in [1.29, 1.82) is 0 Å². The Morgan fingerprint density at radius 1 is 1.16 bits per heavy atom. The van der Waals surface area contributed by atoms with E-state index in [1.54, 1.807) is 36.6 Å². The highest BCUT2D eigenvalue weighted by Gasteiger charge is 2.15. The van der Waals surface area contributed by atoms with Crippen molar-refractivity contribution in [1.82, 2.24) is 9.88 Å². The predicted molar refractivity (Wildman–Crippen MR) is 127 cm³/mol. The zero-order valence-electron chi connectivity index (χ0n) is 16.7. The Kier molecular flexibility index (Phi) is 6.29. The van der Waals surface area contributed by atoms with E-state index in [-0.39, 0.29) is 11.4 Å². The topological polar surface area (TPSA) is 57.4 Å². The Morgan fingerprint density at radius 3 is 2.68 bits per heavy atom. The summed E-state index contributed by atoms with van der Waals surface area (Å²) in [5.74, 6) is 0.367.